The van der Waals surface area contributed by atoms with Crippen molar-refractivity contribution in [3.05, 3.63) is 65.2 Å². The molecule has 0 bridgehead atoms. The molecule has 0 saturated carbocycles. The van der Waals surface area contributed by atoms with Crippen LogP contribution >= 0.6 is 0 Å². The van der Waals surface area contributed by atoms with Crippen LogP contribution in [-0.2, 0) is 24.1 Å². The molecule has 1 amide bonds. The van der Waals surface area contributed by atoms with Gasteiger partial charge in [-0.2, -0.15) is 0 Å². The second kappa shape index (κ2) is 8.00. The zero-order chi connectivity index (χ0) is 16.8. The standard InChI is InChI=1S/C21H25NO2/c1-16(14-18-10-11-20-19(15-18)12-13-24-20)22-21(23)9-5-8-17-6-3-2-4-7-17/h2-4,6-7,10-11,15-16H,5,8-9,12-14H2,1H3,(H,22,23). The van der Waals surface area contributed by atoms with Gasteiger partial charge in [0.1, 0.15) is 5.75 Å². The number of amides is 1. The first-order valence-electron chi connectivity index (χ1n) is 8.78. The highest BCUT2D eigenvalue weighted by Gasteiger charge is 2.14. The van der Waals surface area contributed by atoms with Crippen LogP contribution in [0, 0.1) is 0 Å². The van der Waals surface area contributed by atoms with Crippen LogP contribution in [-0.4, -0.2) is 18.6 Å². The summed E-state index contributed by atoms with van der Waals surface area (Å²) in [5.41, 5.74) is 3.84. The monoisotopic (exact) mass is 323 g/mol. The third-order valence-electron chi connectivity index (χ3n) is 4.42. The van der Waals surface area contributed by atoms with Crippen LogP contribution in [0.4, 0.5) is 0 Å². The Morgan fingerprint density at radius 3 is 2.83 bits per heavy atom. The van der Waals surface area contributed by atoms with Gasteiger partial charge in [0.05, 0.1) is 6.61 Å². The summed E-state index contributed by atoms with van der Waals surface area (Å²) in [6.07, 6.45) is 4.27. The molecule has 0 radical (unpaired) electrons. The van der Waals surface area contributed by atoms with Crippen LogP contribution < -0.4 is 10.1 Å². The van der Waals surface area contributed by atoms with E-state index in [-0.39, 0.29) is 11.9 Å². The molecule has 1 aliphatic rings. The molecule has 0 spiro atoms. The molecule has 1 unspecified atom stereocenters. The second-order valence-electron chi connectivity index (χ2n) is 6.55. The van der Waals surface area contributed by atoms with Gasteiger partial charge in [-0.15, -0.1) is 0 Å². The number of aryl methyl sites for hydroxylation is 1. The fourth-order valence-corrected chi connectivity index (χ4v) is 3.22. The van der Waals surface area contributed by atoms with Gasteiger partial charge in [-0.1, -0.05) is 42.5 Å². The number of carbonyl (C=O) groups excluding carboxylic acids is 1. The molecule has 0 aliphatic carbocycles. The van der Waals surface area contributed by atoms with Crippen molar-refractivity contribution in [2.45, 2.75) is 45.1 Å². The smallest absolute Gasteiger partial charge is 0.220 e. The number of fused-ring (bicyclic) bond motifs is 1. The highest BCUT2D eigenvalue weighted by Crippen LogP contribution is 2.26. The third kappa shape index (κ3) is 4.60. The summed E-state index contributed by atoms with van der Waals surface area (Å²) < 4.78 is 5.53. The van der Waals surface area contributed by atoms with E-state index in [4.69, 9.17) is 4.74 Å². The topological polar surface area (TPSA) is 38.3 Å². The van der Waals surface area contributed by atoms with Crippen LogP contribution in [0.15, 0.2) is 48.5 Å². The van der Waals surface area contributed by atoms with Crippen LogP contribution in [0.25, 0.3) is 0 Å². The minimum Gasteiger partial charge on any atom is -0.493 e. The van der Waals surface area contributed by atoms with Gasteiger partial charge >= 0.3 is 0 Å². The first-order chi connectivity index (χ1) is 11.7. The Balaban J connectivity index is 1.41. The number of nitrogens with one attached hydrogen (secondary N) is 1. The zero-order valence-electron chi connectivity index (χ0n) is 14.3. The fourth-order valence-electron chi connectivity index (χ4n) is 3.22. The Morgan fingerprint density at radius 2 is 2.00 bits per heavy atom. The maximum atomic E-state index is 12.1. The van der Waals surface area contributed by atoms with Crippen molar-refractivity contribution in [2.24, 2.45) is 0 Å². The van der Waals surface area contributed by atoms with Crippen LogP contribution in [0.5, 0.6) is 5.75 Å². The van der Waals surface area contributed by atoms with Gasteiger partial charge in [0.25, 0.3) is 0 Å². The summed E-state index contributed by atoms with van der Waals surface area (Å²) in [7, 11) is 0. The van der Waals surface area contributed by atoms with Crippen molar-refractivity contribution in [3.63, 3.8) is 0 Å². The first kappa shape index (κ1) is 16.6. The summed E-state index contributed by atoms with van der Waals surface area (Å²) in [6, 6.07) is 16.8. The third-order valence-corrected chi connectivity index (χ3v) is 4.42. The fraction of sp³-hybridized carbons (Fsp3) is 0.381. The zero-order valence-corrected chi connectivity index (χ0v) is 14.3. The molecule has 1 heterocycles. The minimum absolute atomic E-state index is 0.142. The maximum Gasteiger partial charge on any atom is 0.220 e. The molecule has 0 aromatic heterocycles. The molecule has 126 valence electrons. The van der Waals surface area contributed by atoms with Crippen LogP contribution in [0.1, 0.15) is 36.5 Å². The Bertz CT molecular complexity index is 681. The van der Waals surface area contributed by atoms with E-state index in [1.807, 2.05) is 24.3 Å². The van der Waals surface area contributed by atoms with Crippen LogP contribution in [0.2, 0.25) is 0 Å². The highest BCUT2D eigenvalue weighted by molar-refractivity contribution is 5.76. The minimum atomic E-state index is 0.142. The Hall–Kier alpha value is -2.29. The molecular formula is C21H25NO2. The van der Waals surface area contributed by atoms with Crippen molar-refractivity contribution in [3.8, 4) is 5.75 Å². The summed E-state index contributed by atoms with van der Waals surface area (Å²) in [5.74, 6) is 1.15. The molecule has 0 saturated heterocycles. The molecule has 2 aromatic carbocycles. The van der Waals surface area contributed by atoms with Crippen molar-refractivity contribution >= 4 is 5.91 Å². The SMILES string of the molecule is CC(Cc1ccc2c(c1)CCO2)NC(=O)CCCc1ccccc1. The van der Waals surface area contributed by atoms with E-state index in [0.717, 1.165) is 38.0 Å². The summed E-state index contributed by atoms with van der Waals surface area (Å²) in [6.45, 7) is 2.85. The van der Waals surface area contributed by atoms with E-state index in [9.17, 15) is 4.79 Å². The second-order valence-corrected chi connectivity index (χ2v) is 6.55. The molecule has 1 atom stereocenters. The summed E-state index contributed by atoms with van der Waals surface area (Å²) in [4.78, 5) is 12.1. The van der Waals surface area contributed by atoms with E-state index in [1.54, 1.807) is 0 Å². The van der Waals surface area contributed by atoms with E-state index in [2.05, 4.69) is 36.5 Å². The number of benzene rings is 2. The Labute approximate surface area is 144 Å². The van der Waals surface area contributed by atoms with Gasteiger partial charge in [0.15, 0.2) is 0 Å². The number of ether oxygens (including phenoxy) is 1. The van der Waals surface area contributed by atoms with Crippen molar-refractivity contribution < 1.29 is 9.53 Å². The molecule has 24 heavy (non-hydrogen) atoms. The lowest BCUT2D eigenvalue weighted by Gasteiger charge is -2.14. The molecular weight excluding hydrogens is 298 g/mol. The van der Waals surface area contributed by atoms with Crippen molar-refractivity contribution in [1.82, 2.24) is 5.32 Å². The average Bonchev–Trinajstić information content (AvgIpc) is 3.03. The lowest BCUT2D eigenvalue weighted by molar-refractivity contribution is -0.121. The summed E-state index contributed by atoms with van der Waals surface area (Å²) >= 11 is 0. The number of hydrogen-bond acceptors (Lipinski definition) is 2. The van der Waals surface area contributed by atoms with Crippen molar-refractivity contribution in [2.75, 3.05) is 6.61 Å². The van der Waals surface area contributed by atoms with Gasteiger partial charge in [0, 0.05) is 18.9 Å². The predicted octanol–water partition coefficient (Wildman–Crippen LogP) is 3.69. The molecule has 3 nitrogen and oxygen atoms in total. The van der Waals surface area contributed by atoms with Gasteiger partial charge in [-0.3, -0.25) is 4.79 Å². The molecule has 1 aliphatic heterocycles. The number of carbonyl (C=O) groups is 1. The largest absolute Gasteiger partial charge is 0.493 e. The van der Waals surface area contributed by atoms with Gasteiger partial charge in [-0.25, -0.2) is 0 Å². The van der Waals surface area contributed by atoms with Gasteiger partial charge in [-0.05, 0) is 48.9 Å². The molecule has 3 rings (SSSR count). The maximum absolute atomic E-state index is 12.1. The molecule has 3 heteroatoms. The number of hydrogen-bond donors (Lipinski definition) is 1. The molecule has 2 aromatic rings. The van der Waals surface area contributed by atoms with Gasteiger partial charge < -0.3 is 10.1 Å². The van der Waals surface area contributed by atoms with E-state index in [1.165, 1.54) is 16.7 Å². The van der Waals surface area contributed by atoms with E-state index in [0.29, 0.717) is 6.42 Å². The van der Waals surface area contributed by atoms with E-state index >= 15 is 0 Å². The quantitative estimate of drug-likeness (QED) is 0.844. The predicted molar refractivity (Wildman–Crippen MR) is 96.3 cm³/mol. The van der Waals surface area contributed by atoms with Crippen molar-refractivity contribution in [1.29, 1.82) is 0 Å². The van der Waals surface area contributed by atoms with Gasteiger partial charge in [0.2, 0.25) is 5.91 Å². The summed E-state index contributed by atoms with van der Waals surface area (Å²) in [5, 5.41) is 3.11. The lowest BCUT2D eigenvalue weighted by Crippen LogP contribution is -2.33. The normalized spacial score (nSPS) is 13.9. The van der Waals surface area contributed by atoms with Crippen LogP contribution in [0.3, 0.4) is 0 Å². The Morgan fingerprint density at radius 1 is 1.17 bits per heavy atom. The number of rotatable bonds is 7. The molecule has 1 N–H and O–H groups in total. The Kier molecular flexibility index (Phi) is 5.52. The first-order valence-corrected chi connectivity index (χ1v) is 8.78. The van der Waals surface area contributed by atoms with E-state index < -0.39 is 0 Å². The molecule has 0 fully saturated rings. The lowest BCUT2D eigenvalue weighted by atomic mass is 10.0. The average molecular weight is 323 g/mol. The highest BCUT2D eigenvalue weighted by atomic mass is 16.5.